The molecule has 2 aromatic heterocycles. The number of phosphoric acid groups is 1. The predicted octanol–water partition coefficient (Wildman–Crippen LogP) is -0.841. The number of aliphatic hydroxyl groups is 1. The van der Waals surface area contributed by atoms with E-state index in [9.17, 15) is 9.67 Å². The first-order chi connectivity index (χ1) is 12.6. The normalized spacial score (nSPS) is 28.4. The number of halogens is 1. The van der Waals surface area contributed by atoms with E-state index >= 15 is 4.39 Å². The number of imidazole rings is 1. The Morgan fingerprint density at radius 3 is 2.89 bits per heavy atom. The second kappa shape index (κ2) is 6.68. The summed E-state index contributed by atoms with van der Waals surface area (Å²) in [4.78, 5) is 29.6. The van der Waals surface area contributed by atoms with Crippen molar-refractivity contribution in [2.75, 3.05) is 24.7 Å². The fraction of sp³-hybridized carbons (Fsp3) is 0.462. The van der Waals surface area contributed by atoms with Gasteiger partial charge in [-0.25, -0.2) is 13.9 Å². The zero-order chi connectivity index (χ0) is 20.0. The molecule has 0 radical (unpaired) electrons. The van der Waals surface area contributed by atoms with E-state index in [-0.39, 0.29) is 22.9 Å². The maximum absolute atomic E-state index is 15.3. The highest BCUT2D eigenvalue weighted by Gasteiger charge is 2.58. The lowest BCUT2D eigenvalue weighted by Crippen LogP contribution is -2.42. The van der Waals surface area contributed by atoms with Gasteiger partial charge in [-0.05, 0) is 0 Å². The van der Waals surface area contributed by atoms with E-state index in [1.807, 2.05) is 5.92 Å². The van der Waals surface area contributed by atoms with E-state index in [4.69, 9.17) is 26.7 Å². The first kappa shape index (κ1) is 19.4. The van der Waals surface area contributed by atoms with Gasteiger partial charge in [0.1, 0.15) is 12.2 Å². The zero-order valence-corrected chi connectivity index (χ0v) is 14.7. The van der Waals surface area contributed by atoms with Gasteiger partial charge in [0, 0.05) is 7.05 Å². The van der Waals surface area contributed by atoms with E-state index in [2.05, 4.69) is 24.8 Å². The number of ether oxygens (including phenoxy) is 1. The van der Waals surface area contributed by atoms with Crippen LogP contribution in [0, 0.1) is 12.3 Å². The molecule has 1 fully saturated rings. The van der Waals surface area contributed by atoms with E-state index in [0.717, 1.165) is 4.57 Å². The third kappa shape index (κ3) is 3.34. The predicted molar refractivity (Wildman–Crippen MR) is 89.9 cm³/mol. The smallest absolute Gasteiger partial charge is 0.386 e. The maximum atomic E-state index is 15.3. The molecule has 0 amide bonds. The van der Waals surface area contributed by atoms with Crippen LogP contribution in [0.5, 0.6) is 0 Å². The van der Waals surface area contributed by atoms with Gasteiger partial charge >= 0.3 is 7.82 Å². The molecular formula is C13H16FN6O6P. The second-order valence-electron chi connectivity index (χ2n) is 5.67. The minimum Gasteiger partial charge on any atom is -0.386 e. The number of hydrogen-bond acceptors (Lipinski definition) is 9. The third-order valence-electron chi connectivity index (χ3n) is 4.00. The van der Waals surface area contributed by atoms with Crippen molar-refractivity contribution in [1.82, 2.24) is 19.5 Å². The molecule has 1 saturated heterocycles. The van der Waals surface area contributed by atoms with Gasteiger partial charge in [-0.1, -0.05) is 5.92 Å². The number of phosphoric ester groups is 1. The first-order valence-corrected chi connectivity index (χ1v) is 9.02. The third-order valence-corrected chi connectivity index (χ3v) is 4.49. The number of terminal acetylenes is 1. The number of aromatic nitrogens is 4. The number of nitrogens with one attached hydrogen (secondary N) is 1. The first-order valence-electron chi connectivity index (χ1n) is 7.48. The lowest BCUT2D eigenvalue weighted by Gasteiger charge is -2.23. The number of fused-ring (bicyclic) bond motifs is 1. The molecule has 3 rings (SSSR count). The molecular weight excluding hydrogens is 386 g/mol. The molecule has 146 valence electrons. The SMILES string of the molecule is C#C[C@@]1(F)[C@H](O)[C@@H](COP(=O)(O)O)O[C@H]1n1cnc2c(NC)nc(N)nc21. The van der Waals surface area contributed by atoms with Crippen molar-refractivity contribution in [3.05, 3.63) is 6.33 Å². The van der Waals surface area contributed by atoms with Crippen LogP contribution in [0.3, 0.4) is 0 Å². The van der Waals surface area contributed by atoms with E-state index < -0.39 is 38.5 Å². The highest BCUT2D eigenvalue weighted by Crippen LogP contribution is 2.44. The van der Waals surface area contributed by atoms with Crippen LogP contribution in [0.15, 0.2) is 6.33 Å². The van der Waals surface area contributed by atoms with Crippen molar-refractivity contribution >= 4 is 30.8 Å². The van der Waals surface area contributed by atoms with Gasteiger partial charge in [0.2, 0.25) is 11.6 Å². The van der Waals surface area contributed by atoms with Gasteiger partial charge in [-0.2, -0.15) is 9.97 Å². The summed E-state index contributed by atoms with van der Waals surface area (Å²) in [7, 11) is -3.29. The van der Waals surface area contributed by atoms with Gasteiger partial charge in [0.15, 0.2) is 23.2 Å². The maximum Gasteiger partial charge on any atom is 0.469 e. The molecule has 0 spiro atoms. The molecule has 0 aromatic carbocycles. The Morgan fingerprint density at radius 1 is 1.59 bits per heavy atom. The number of nitrogen functional groups attached to an aromatic ring is 1. The minimum absolute atomic E-state index is 0.0814. The summed E-state index contributed by atoms with van der Waals surface area (Å²) in [6, 6.07) is 0. The summed E-state index contributed by atoms with van der Waals surface area (Å²) in [5, 5.41) is 13.0. The Labute approximate surface area is 151 Å². The summed E-state index contributed by atoms with van der Waals surface area (Å²) in [5.41, 5.74) is 3.22. The average molecular weight is 402 g/mol. The molecule has 3 heterocycles. The monoisotopic (exact) mass is 402 g/mol. The highest BCUT2D eigenvalue weighted by molar-refractivity contribution is 7.46. The topological polar surface area (TPSA) is 178 Å². The summed E-state index contributed by atoms with van der Waals surface area (Å²) >= 11 is 0. The Morgan fingerprint density at radius 2 is 2.30 bits per heavy atom. The summed E-state index contributed by atoms with van der Waals surface area (Å²) in [6.45, 7) is -0.791. The highest BCUT2D eigenvalue weighted by atomic mass is 31.2. The van der Waals surface area contributed by atoms with Crippen LogP contribution in [0.25, 0.3) is 11.2 Å². The van der Waals surface area contributed by atoms with Crippen LogP contribution in [-0.2, 0) is 13.8 Å². The molecule has 1 aliphatic heterocycles. The number of rotatable bonds is 5. The van der Waals surface area contributed by atoms with Crippen molar-refractivity contribution in [3.8, 4) is 12.3 Å². The quantitative estimate of drug-likeness (QED) is 0.311. The van der Waals surface area contributed by atoms with Gasteiger partial charge in [0.05, 0.1) is 12.9 Å². The minimum atomic E-state index is -4.86. The lowest BCUT2D eigenvalue weighted by atomic mass is 9.97. The van der Waals surface area contributed by atoms with Crippen molar-refractivity contribution in [2.45, 2.75) is 24.1 Å². The van der Waals surface area contributed by atoms with Crippen molar-refractivity contribution in [2.24, 2.45) is 0 Å². The number of hydrogen-bond donors (Lipinski definition) is 5. The standard InChI is InChI=1S/C13H16FN6O6P/c1-3-13(14)8(21)6(4-25-27(22,23)24)26-11(13)20-5-17-7-9(16-2)18-12(15)19-10(7)20/h1,5-6,8,11,21H,4H2,2H3,(H2,22,23,24)(H3,15,16,18,19)/t6-,8-,11-,13-/m1/s1. The van der Waals surface area contributed by atoms with Crippen LogP contribution >= 0.6 is 7.82 Å². The molecule has 0 aliphatic carbocycles. The number of nitrogens with two attached hydrogens (primary N) is 1. The van der Waals surface area contributed by atoms with E-state index in [0.29, 0.717) is 0 Å². The molecule has 1 aliphatic rings. The van der Waals surface area contributed by atoms with Crippen LogP contribution < -0.4 is 11.1 Å². The molecule has 27 heavy (non-hydrogen) atoms. The zero-order valence-electron chi connectivity index (χ0n) is 13.9. The summed E-state index contributed by atoms with van der Waals surface area (Å²) < 4.78 is 37.0. The molecule has 6 N–H and O–H groups in total. The second-order valence-corrected chi connectivity index (χ2v) is 6.91. The molecule has 0 saturated carbocycles. The molecule has 14 heteroatoms. The molecule has 0 unspecified atom stereocenters. The average Bonchev–Trinajstić information content (AvgIpc) is 3.12. The van der Waals surface area contributed by atoms with Gasteiger partial charge < -0.3 is 30.7 Å². The fourth-order valence-electron chi connectivity index (χ4n) is 2.76. The van der Waals surface area contributed by atoms with Crippen molar-refractivity contribution < 1.29 is 33.1 Å². The van der Waals surface area contributed by atoms with Crippen LogP contribution in [0.2, 0.25) is 0 Å². The van der Waals surface area contributed by atoms with Crippen molar-refractivity contribution in [3.63, 3.8) is 0 Å². The van der Waals surface area contributed by atoms with Gasteiger partial charge in [0.25, 0.3) is 0 Å². The Balaban J connectivity index is 2.03. The van der Waals surface area contributed by atoms with E-state index in [1.165, 1.54) is 6.33 Å². The van der Waals surface area contributed by atoms with Gasteiger partial charge in [-0.15, -0.1) is 6.42 Å². The Kier molecular flexibility index (Phi) is 4.81. The fourth-order valence-corrected chi connectivity index (χ4v) is 3.10. The number of nitrogens with zero attached hydrogens (tertiary/aromatic N) is 4. The molecule has 0 bridgehead atoms. The van der Waals surface area contributed by atoms with Gasteiger partial charge in [-0.3, -0.25) is 9.09 Å². The number of anilines is 2. The van der Waals surface area contributed by atoms with Crippen LogP contribution in [0.1, 0.15) is 6.23 Å². The van der Waals surface area contributed by atoms with Crippen LogP contribution in [-0.4, -0.2) is 65.9 Å². The molecule has 12 nitrogen and oxygen atoms in total. The summed E-state index contributed by atoms with van der Waals surface area (Å²) in [5.74, 6) is 1.99. The van der Waals surface area contributed by atoms with Crippen LogP contribution in [0.4, 0.5) is 16.2 Å². The van der Waals surface area contributed by atoms with E-state index in [1.54, 1.807) is 7.05 Å². The lowest BCUT2D eigenvalue weighted by molar-refractivity contribution is -0.0496. The number of aliphatic hydroxyl groups excluding tert-OH is 1. The number of alkyl halides is 1. The molecule has 4 atom stereocenters. The Hall–Kier alpha value is -2.33. The Bertz CT molecular complexity index is 959. The largest absolute Gasteiger partial charge is 0.469 e. The molecule has 2 aromatic rings. The summed E-state index contributed by atoms with van der Waals surface area (Å²) in [6.07, 6.45) is 1.45. The van der Waals surface area contributed by atoms with Crippen molar-refractivity contribution in [1.29, 1.82) is 0 Å².